The summed E-state index contributed by atoms with van der Waals surface area (Å²) in [5.74, 6) is 0. The average molecular weight is 232 g/mol. The topological polar surface area (TPSA) is 0 Å². The van der Waals surface area contributed by atoms with E-state index in [-0.39, 0.29) is 0 Å². The lowest BCUT2D eigenvalue weighted by atomic mass is 10.1. The van der Waals surface area contributed by atoms with Crippen LogP contribution in [-0.2, 0) is 0 Å². The van der Waals surface area contributed by atoms with Crippen LogP contribution >= 0.6 is 0 Å². The molecular formula is C15H16Cl+. The highest BCUT2D eigenvalue weighted by Crippen LogP contribution is 2.23. The molecule has 0 nitrogen and oxygen atoms in total. The van der Waals surface area contributed by atoms with Gasteiger partial charge in [-0.25, -0.2) is 0 Å². The van der Waals surface area contributed by atoms with Crippen LogP contribution in [-0.4, -0.2) is 0 Å². The first-order chi connectivity index (χ1) is 7.66. The molecule has 0 aliphatic rings. The molecule has 0 aliphatic heterocycles. The maximum Gasteiger partial charge on any atom is 0.241 e. The molecule has 0 spiro atoms. The van der Waals surface area contributed by atoms with Crippen molar-refractivity contribution < 1.29 is 10.8 Å². The van der Waals surface area contributed by atoms with Gasteiger partial charge in [0.25, 0.3) is 0 Å². The SMILES string of the molecule is Cc1cc(C)c([Cl+]c2ccccc2)c(C)c1. The van der Waals surface area contributed by atoms with Crippen molar-refractivity contribution in [2.75, 3.05) is 0 Å². The van der Waals surface area contributed by atoms with E-state index < -0.39 is 0 Å². The summed E-state index contributed by atoms with van der Waals surface area (Å²) < 4.78 is 0. The molecule has 2 aromatic rings. The number of rotatable bonds is 2. The van der Waals surface area contributed by atoms with E-state index in [2.05, 4.69) is 68.0 Å². The summed E-state index contributed by atoms with van der Waals surface area (Å²) in [6, 6.07) is 14.9. The van der Waals surface area contributed by atoms with Gasteiger partial charge in [-0.3, -0.25) is 0 Å². The van der Waals surface area contributed by atoms with E-state index in [1.165, 1.54) is 26.7 Å². The quantitative estimate of drug-likeness (QED) is 0.726. The molecule has 0 N–H and O–H groups in total. The molecule has 2 rings (SSSR count). The summed E-state index contributed by atoms with van der Waals surface area (Å²) in [5, 5.41) is 2.58. The predicted octanol–water partition coefficient (Wildman–Crippen LogP) is 4.23. The Morgan fingerprint density at radius 1 is 0.812 bits per heavy atom. The van der Waals surface area contributed by atoms with E-state index in [0.717, 1.165) is 0 Å². The van der Waals surface area contributed by atoms with Gasteiger partial charge in [-0.15, -0.1) is 0 Å². The lowest BCUT2D eigenvalue weighted by molar-refractivity contribution is -0.536. The third-order valence-electron chi connectivity index (χ3n) is 2.52. The lowest BCUT2D eigenvalue weighted by Gasteiger charge is -2.00. The molecule has 0 saturated carbocycles. The minimum Gasteiger partial charge on any atom is -0.0619 e. The third-order valence-corrected chi connectivity index (χ3v) is 3.77. The lowest BCUT2D eigenvalue weighted by Crippen LogP contribution is -1.92. The van der Waals surface area contributed by atoms with Crippen molar-refractivity contribution >= 4 is 0 Å². The van der Waals surface area contributed by atoms with E-state index in [4.69, 9.17) is 0 Å². The van der Waals surface area contributed by atoms with Gasteiger partial charge in [-0.1, -0.05) is 35.9 Å². The smallest absolute Gasteiger partial charge is 0.0619 e. The van der Waals surface area contributed by atoms with Crippen molar-refractivity contribution in [3.05, 3.63) is 69.2 Å². The molecule has 82 valence electrons. The second-order valence-electron chi connectivity index (χ2n) is 4.10. The van der Waals surface area contributed by atoms with Crippen LogP contribution < -0.4 is 0 Å². The first kappa shape index (κ1) is 11.2. The summed E-state index contributed by atoms with van der Waals surface area (Å²) >= 11 is 0. The highest BCUT2D eigenvalue weighted by molar-refractivity contribution is 5.35. The normalized spacial score (nSPS) is 10.4. The summed E-state index contributed by atoms with van der Waals surface area (Å²) in [5.41, 5.74) is 4.02. The Bertz CT molecular complexity index is 463. The number of hydrogen-bond acceptors (Lipinski definition) is 0. The summed E-state index contributed by atoms with van der Waals surface area (Å²) in [6.07, 6.45) is 0. The van der Waals surface area contributed by atoms with Crippen molar-refractivity contribution in [3.8, 4) is 0 Å². The Labute approximate surface area is 101 Å². The van der Waals surface area contributed by atoms with Crippen LogP contribution in [0.15, 0.2) is 42.5 Å². The Hall–Kier alpha value is -1.27. The van der Waals surface area contributed by atoms with Crippen LogP contribution in [0.4, 0.5) is 0 Å². The number of hydrogen-bond donors (Lipinski definition) is 0. The van der Waals surface area contributed by atoms with Crippen molar-refractivity contribution in [1.82, 2.24) is 0 Å². The summed E-state index contributed by atoms with van der Waals surface area (Å²) in [6.45, 7) is 6.49. The minimum absolute atomic E-state index is 1.25. The zero-order valence-electron chi connectivity index (χ0n) is 9.92. The van der Waals surface area contributed by atoms with Gasteiger partial charge < -0.3 is 0 Å². The first-order valence-corrected chi connectivity index (χ1v) is 6.20. The van der Waals surface area contributed by atoms with Gasteiger partial charge in [-0.2, -0.15) is 0 Å². The Kier molecular flexibility index (Phi) is 3.31. The van der Waals surface area contributed by atoms with Crippen LogP contribution in [0.25, 0.3) is 0 Å². The van der Waals surface area contributed by atoms with Crippen LogP contribution in [0.5, 0.6) is 0 Å². The molecule has 1 heteroatoms. The standard InChI is InChI=1S/C15H16Cl/c1-11-9-12(2)15(13(3)10-11)16-14-7-5-4-6-8-14/h4-10H,1-3H3/q+1. The zero-order chi connectivity index (χ0) is 11.5. The van der Waals surface area contributed by atoms with Crippen LogP contribution in [0.1, 0.15) is 16.7 Å². The molecule has 0 radical (unpaired) electrons. The molecule has 0 bridgehead atoms. The molecule has 2 aromatic carbocycles. The van der Waals surface area contributed by atoms with E-state index >= 15 is 0 Å². The molecule has 0 saturated heterocycles. The fraction of sp³-hybridized carbons (Fsp3) is 0.200. The highest BCUT2D eigenvalue weighted by atomic mass is 35.5. The van der Waals surface area contributed by atoms with Crippen LogP contribution in [0.2, 0.25) is 10.0 Å². The van der Waals surface area contributed by atoms with Gasteiger partial charge in [0.1, 0.15) is 0 Å². The van der Waals surface area contributed by atoms with Gasteiger partial charge in [-0.05, 0) is 20.8 Å². The number of benzene rings is 2. The molecule has 0 aliphatic carbocycles. The molecule has 0 heterocycles. The molecule has 0 amide bonds. The maximum atomic E-state index is 2.39. The molecule has 0 fully saturated rings. The predicted molar refractivity (Wildman–Crippen MR) is 65.4 cm³/mol. The third kappa shape index (κ3) is 2.45. The molecule has 0 aromatic heterocycles. The van der Waals surface area contributed by atoms with E-state index in [9.17, 15) is 0 Å². The van der Waals surface area contributed by atoms with Gasteiger partial charge in [0.15, 0.2) is 0 Å². The zero-order valence-corrected chi connectivity index (χ0v) is 10.7. The molecular weight excluding hydrogens is 216 g/mol. The van der Waals surface area contributed by atoms with Gasteiger partial charge in [0.2, 0.25) is 20.8 Å². The van der Waals surface area contributed by atoms with Crippen LogP contribution in [0, 0.1) is 31.6 Å². The van der Waals surface area contributed by atoms with E-state index in [1.807, 2.05) is 6.07 Å². The van der Waals surface area contributed by atoms with Gasteiger partial charge in [0, 0.05) is 23.3 Å². The average Bonchev–Trinajstić information content (AvgIpc) is 2.25. The van der Waals surface area contributed by atoms with Crippen molar-refractivity contribution in [2.45, 2.75) is 20.8 Å². The van der Waals surface area contributed by atoms with Crippen LogP contribution in [0.3, 0.4) is 0 Å². The summed E-state index contributed by atoms with van der Waals surface area (Å²) in [7, 11) is 2.39. The Morgan fingerprint density at radius 2 is 1.38 bits per heavy atom. The summed E-state index contributed by atoms with van der Waals surface area (Å²) in [4.78, 5) is 0. The highest BCUT2D eigenvalue weighted by Gasteiger charge is 2.19. The first-order valence-electron chi connectivity index (χ1n) is 5.44. The second kappa shape index (κ2) is 4.71. The Morgan fingerprint density at radius 3 is 1.94 bits per heavy atom. The minimum atomic E-state index is 1.25. The monoisotopic (exact) mass is 231 g/mol. The molecule has 0 atom stereocenters. The fourth-order valence-corrected chi connectivity index (χ4v) is 2.80. The van der Waals surface area contributed by atoms with E-state index in [0.29, 0.717) is 0 Å². The van der Waals surface area contributed by atoms with Crippen molar-refractivity contribution in [3.63, 3.8) is 0 Å². The largest absolute Gasteiger partial charge is 0.241 e. The maximum absolute atomic E-state index is 2.39. The number of aryl methyl sites for hydroxylation is 3. The van der Waals surface area contributed by atoms with Gasteiger partial charge in [0.05, 0.1) is 0 Å². The van der Waals surface area contributed by atoms with Gasteiger partial charge >= 0.3 is 0 Å². The molecule has 16 heavy (non-hydrogen) atoms. The van der Waals surface area contributed by atoms with Crippen molar-refractivity contribution in [1.29, 1.82) is 0 Å². The fourth-order valence-electron chi connectivity index (χ4n) is 1.90. The van der Waals surface area contributed by atoms with E-state index in [1.54, 1.807) is 0 Å². The van der Waals surface area contributed by atoms with Crippen molar-refractivity contribution in [2.24, 2.45) is 0 Å². The Balaban J connectivity index is 2.35. The number of halogens is 1. The molecule has 0 unspecified atom stereocenters. The second-order valence-corrected chi connectivity index (χ2v) is 5.11.